The number of carbonyl (C=O) groups excluding carboxylic acids is 1. The lowest BCUT2D eigenvalue weighted by Crippen LogP contribution is -2.44. The first-order valence-corrected chi connectivity index (χ1v) is 7.34. The Bertz CT molecular complexity index is 684. The molecule has 1 unspecified atom stereocenters. The van der Waals surface area contributed by atoms with E-state index in [9.17, 15) is 9.18 Å². The van der Waals surface area contributed by atoms with Crippen molar-refractivity contribution in [1.29, 1.82) is 0 Å². The molecular formula is C14H16FN3O2S. The highest BCUT2D eigenvalue weighted by molar-refractivity contribution is 7.20. The number of halogens is 1. The van der Waals surface area contributed by atoms with E-state index in [1.54, 1.807) is 12.1 Å². The molecule has 7 heteroatoms. The number of thiophene rings is 1. The second-order valence-electron chi connectivity index (χ2n) is 4.63. The molecule has 0 aliphatic rings. The largest absolute Gasteiger partial charge is 0.409 e. The average Bonchev–Trinajstić information content (AvgIpc) is 2.89. The number of oxime groups is 1. The number of hydrogen-bond donors (Lipinski definition) is 3. The minimum absolute atomic E-state index is 0.0302. The van der Waals surface area contributed by atoms with Gasteiger partial charge in [-0.05, 0) is 30.0 Å². The van der Waals surface area contributed by atoms with Crippen LogP contribution in [0.5, 0.6) is 0 Å². The standard InChI is InChI=1S/C14H16FN3O2S/c1-2-3-10(13(16)18-20)17-14(19)12-6-8-4-5-9(15)7-11(8)21-12/h4-7,10,20H,2-3H2,1H3,(H2,16,18)(H,17,19). The van der Waals surface area contributed by atoms with Crippen molar-refractivity contribution in [1.82, 2.24) is 5.32 Å². The quantitative estimate of drug-likeness (QED) is 0.343. The van der Waals surface area contributed by atoms with Gasteiger partial charge in [-0.1, -0.05) is 24.6 Å². The summed E-state index contributed by atoms with van der Waals surface area (Å²) in [6, 6.07) is 5.56. The van der Waals surface area contributed by atoms with Gasteiger partial charge in [-0.2, -0.15) is 0 Å². The normalized spacial score (nSPS) is 13.3. The fourth-order valence-electron chi connectivity index (χ4n) is 2.00. The van der Waals surface area contributed by atoms with Crippen LogP contribution in [0.2, 0.25) is 0 Å². The first-order valence-electron chi connectivity index (χ1n) is 6.52. The minimum atomic E-state index is -0.519. The molecule has 1 heterocycles. The van der Waals surface area contributed by atoms with Crippen molar-refractivity contribution < 1.29 is 14.4 Å². The third kappa shape index (κ3) is 3.49. The van der Waals surface area contributed by atoms with Gasteiger partial charge in [0.15, 0.2) is 5.84 Å². The van der Waals surface area contributed by atoms with Crippen LogP contribution in [0.1, 0.15) is 29.4 Å². The van der Waals surface area contributed by atoms with Gasteiger partial charge in [-0.3, -0.25) is 4.79 Å². The van der Waals surface area contributed by atoms with E-state index in [0.29, 0.717) is 16.0 Å². The average molecular weight is 309 g/mol. The van der Waals surface area contributed by atoms with Crippen molar-refractivity contribution in [3.05, 3.63) is 35.0 Å². The first kappa shape index (κ1) is 15.2. The molecule has 0 saturated heterocycles. The Kier molecular flexibility index (Phi) is 4.74. The molecule has 21 heavy (non-hydrogen) atoms. The van der Waals surface area contributed by atoms with Crippen LogP contribution in [0.4, 0.5) is 4.39 Å². The SMILES string of the molecule is CCCC(NC(=O)c1cc2ccc(F)cc2s1)/C(N)=N/O. The number of benzene rings is 1. The molecule has 0 spiro atoms. The number of nitrogens with zero attached hydrogens (tertiary/aromatic N) is 1. The summed E-state index contributed by atoms with van der Waals surface area (Å²) in [5, 5.41) is 15.2. The third-order valence-electron chi connectivity index (χ3n) is 3.06. The van der Waals surface area contributed by atoms with Gasteiger partial charge < -0.3 is 16.3 Å². The monoisotopic (exact) mass is 309 g/mol. The van der Waals surface area contributed by atoms with Crippen LogP contribution < -0.4 is 11.1 Å². The van der Waals surface area contributed by atoms with Crippen LogP contribution in [0, 0.1) is 5.82 Å². The van der Waals surface area contributed by atoms with Crippen LogP contribution >= 0.6 is 11.3 Å². The second-order valence-corrected chi connectivity index (χ2v) is 5.72. The summed E-state index contributed by atoms with van der Waals surface area (Å²) >= 11 is 1.20. The highest BCUT2D eigenvalue weighted by Gasteiger charge is 2.18. The van der Waals surface area contributed by atoms with Crippen molar-refractivity contribution >= 4 is 33.2 Å². The van der Waals surface area contributed by atoms with E-state index in [2.05, 4.69) is 10.5 Å². The minimum Gasteiger partial charge on any atom is -0.409 e. The Labute approximate surface area is 125 Å². The first-order chi connectivity index (χ1) is 10.0. The van der Waals surface area contributed by atoms with Gasteiger partial charge >= 0.3 is 0 Å². The molecule has 0 saturated carbocycles. The number of nitrogens with two attached hydrogens (primary N) is 1. The molecule has 1 atom stereocenters. The van der Waals surface area contributed by atoms with Gasteiger partial charge in [0.1, 0.15) is 5.82 Å². The molecule has 0 bridgehead atoms. The van der Waals surface area contributed by atoms with Crippen LogP contribution in [-0.4, -0.2) is 23.0 Å². The molecule has 1 aromatic carbocycles. The predicted octanol–water partition coefficient (Wildman–Crippen LogP) is 2.69. The summed E-state index contributed by atoms with van der Waals surface area (Å²) in [5.74, 6) is -0.684. The van der Waals surface area contributed by atoms with Gasteiger partial charge in [0, 0.05) is 4.70 Å². The Morgan fingerprint density at radius 1 is 1.52 bits per heavy atom. The molecular weight excluding hydrogens is 293 g/mol. The molecule has 0 fully saturated rings. The Balaban J connectivity index is 2.21. The van der Waals surface area contributed by atoms with E-state index in [4.69, 9.17) is 10.9 Å². The molecule has 0 aliphatic heterocycles. The van der Waals surface area contributed by atoms with Crippen LogP contribution in [0.25, 0.3) is 10.1 Å². The zero-order chi connectivity index (χ0) is 15.4. The van der Waals surface area contributed by atoms with Crippen molar-refractivity contribution in [2.75, 3.05) is 0 Å². The number of hydrogen-bond acceptors (Lipinski definition) is 4. The predicted molar refractivity (Wildman–Crippen MR) is 81.4 cm³/mol. The number of amides is 1. The number of fused-ring (bicyclic) bond motifs is 1. The number of carbonyl (C=O) groups is 1. The maximum atomic E-state index is 13.2. The zero-order valence-corrected chi connectivity index (χ0v) is 12.3. The van der Waals surface area contributed by atoms with Crippen LogP contribution in [0.15, 0.2) is 29.4 Å². The van der Waals surface area contributed by atoms with Crippen LogP contribution in [0.3, 0.4) is 0 Å². The lowest BCUT2D eigenvalue weighted by Gasteiger charge is -2.15. The van der Waals surface area contributed by atoms with Crippen molar-refractivity contribution in [2.24, 2.45) is 10.9 Å². The fraction of sp³-hybridized carbons (Fsp3) is 0.286. The third-order valence-corrected chi connectivity index (χ3v) is 4.16. The summed E-state index contributed by atoms with van der Waals surface area (Å²) in [4.78, 5) is 12.7. The summed E-state index contributed by atoms with van der Waals surface area (Å²) < 4.78 is 13.9. The molecule has 0 aliphatic carbocycles. The van der Waals surface area contributed by atoms with Crippen LogP contribution in [-0.2, 0) is 0 Å². The molecule has 5 nitrogen and oxygen atoms in total. The maximum absolute atomic E-state index is 13.2. The van der Waals surface area contributed by atoms with Gasteiger partial charge in [0.25, 0.3) is 5.91 Å². The number of nitrogens with one attached hydrogen (secondary N) is 1. The van der Waals surface area contributed by atoms with E-state index in [1.165, 1.54) is 23.5 Å². The molecule has 0 radical (unpaired) electrons. The molecule has 2 rings (SSSR count). The lowest BCUT2D eigenvalue weighted by molar-refractivity contribution is 0.0949. The summed E-state index contributed by atoms with van der Waals surface area (Å²) in [6.45, 7) is 1.94. The highest BCUT2D eigenvalue weighted by atomic mass is 32.1. The number of amidine groups is 1. The second kappa shape index (κ2) is 6.53. The van der Waals surface area contributed by atoms with Crippen molar-refractivity contribution in [3.63, 3.8) is 0 Å². The fourth-order valence-corrected chi connectivity index (χ4v) is 2.99. The van der Waals surface area contributed by atoms with Gasteiger partial charge in [-0.25, -0.2) is 4.39 Å². The molecule has 1 aromatic heterocycles. The summed E-state index contributed by atoms with van der Waals surface area (Å²) in [7, 11) is 0. The van der Waals surface area contributed by atoms with E-state index in [-0.39, 0.29) is 17.6 Å². The van der Waals surface area contributed by atoms with E-state index >= 15 is 0 Å². The smallest absolute Gasteiger partial charge is 0.261 e. The summed E-state index contributed by atoms with van der Waals surface area (Å²) in [5.41, 5.74) is 5.56. The van der Waals surface area contributed by atoms with E-state index in [1.807, 2.05) is 6.92 Å². The highest BCUT2D eigenvalue weighted by Crippen LogP contribution is 2.26. The van der Waals surface area contributed by atoms with Gasteiger partial charge in [0.2, 0.25) is 0 Å². The molecule has 112 valence electrons. The Morgan fingerprint density at radius 3 is 2.95 bits per heavy atom. The van der Waals surface area contributed by atoms with Gasteiger partial charge in [-0.15, -0.1) is 11.3 Å². The maximum Gasteiger partial charge on any atom is 0.261 e. The summed E-state index contributed by atoms with van der Waals surface area (Å²) in [6.07, 6.45) is 1.35. The Hall–Kier alpha value is -2.15. The number of rotatable bonds is 5. The molecule has 4 N–H and O–H groups in total. The van der Waals surface area contributed by atoms with Gasteiger partial charge in [0.05, 0.1) is 10.9 Å². The zero-order valence-electron chi connectivity index (χ0n) is 11.5. The topological polar surface area (TPSA) is 87.7 Å². The van der Waals surface area contributed by atoms with E-state index in [0.717, 1.165) is 11.8 Å². The van der Waals surface area contributed by atoms with E-state index < -0.39 is 6.04 Å². The molecule has 2 aromatic rings. The molecule has 1 amide bonds. The Morgan fingerprint density at radius 2 is 2.29 bits per heavy atom. The van der Waals surface area contributed by atoms with Crippen molar-refractivity contribution in [2.45, 2.75) is 25.8 Å². The van der Waals surface area contributed by atoms with Crippen molar-refractivity contribution in [3.8, 4) is 0 Å². The lowest BCUT2D eigenvalue weighted by atomic mass is 10.1.